The maximum atomic E-state index is 13.1. The minimum absolute atomic E-state index is 0.0285. The van der Waals surface area contributed by atoms with Crippen LogP contribution in [0.5, 0.6) is 0 Å². The normalized spacial score (nSPS) is 20.2. The van der Waals surface area contributed by atoms with E-state index in [1.807, 2.05) is 24.3 Å². The maximum Gasteiger partial charge on any atom is 0.257 e. The lowest BCUT2D eigenvalue weighted by Crippen LogP contribution is -2.46. The molecule has 1 unspecified atom stereocenters. The largest absolute Gasteiger partial charge is 0.272 e. The van der Waals surface area contributed by atoms with E-state index >= 15 is 0 Å². The first-order valence-corrected chi connectivity index (χ1v) is 9.66. The zero-order chi connectivity index (χ0) is 16.4. The van der Waals surface area contributed by atoms with Crippen LogP contribution in [0.1, 0.15) is 17.5 Å². The second-order valence-electron chi connectivity index (χ2n) is 5.15. The van der Waals surface area contributed by atoms with Crippen LogP contribution in [0.3, 0.4) is 0 Å². The molecule has 6 heteroatoms. The Labute approximate surface area is 136 Å². The van der Waals surface area contributed by atoms with Crippen molar-refractivity contribution in [3.05, 3.63) is 60.7 Å². The Hall–Kier alpha value is -1.53. The molecule has 1 aromatic carbocycles. The lowest BCUT2D eigenvalue weighted by atomic mass is 9.90. The fraction of sp³-hybridized carbons (Fsp3) is 0.312. The Balaban J connectivity index is 2.55. The molecule has 1 aliphatic rings. The Morgan fingerprint density at radius 1 is 1.36 bits per heavy atom. The average molecular weight is 337 g/mol. The Morgan fingerprint density at radius 2 is 2.05 bits per heavy atom. The molecule has 1 amide bonds. The average Bonchev–Trinajstić information content (AvgIpc) is 2.84. The Bertz CT molecular complexity index is 712. The van der Waals surface area contributed by atoms with E-state index in [1.54, 1.807) is 6.08 Å². The summed E-state index contributed by atoms with van der Waals surface area (Å²) < 4.78 is 24.0. The van der Waals surface area contributed by atoms with Crippen molar-refractivity contribution in [1.82, 2.24) is 4.31 Å². The van der Waals surface area contributed by atoms with Gasteiger partial charge < -0.3 is 0 Å². The van der Waals surface area contributed by atoms with Crippen LogP contribution in [0.2, 0.25) is 0 Å². The van der Waals surface area contributed by atoms with Gasteiger partial charge in [-0.05, 0) is 17.5 Å². The number of carbonyl (C=O) groups is 1. The quantitative estimate of drug-likeness (QED) is 0.749. The molecule has 0 saturated carbocycles. The van der Waals surface area contributed by atoms with Gasteiger partial charge in [0.15, 0.2) is 0 Å². The van der Waals surface area contributed by atoms with Crippen LogP contribution < -0.4 is 0 Å². The second kappa shape index (κ2) is 6.30. The Kier molecular flexibility index (Phi) is 4.82. The molecule has 0 N–H and O–H groups in total. The molecule has 0 aromatic heterocycles. The van der Waals surface area contributed by atoms with E-state index in [4.69, 9.17) is 0 Å². The van der Waals surface area contributed by atoms with Crippen LogP contribution in [0.25, 0.3) is 0 Å². The predicted octanol–water partition coefficient (Wildman–Crippen LogP) is 2.68. The predicted molar refractivity (Wildman–Crippen MR) is 91.0 cm³/mol. The fourth-order valence-corrected chi connectivity index (χ4v) is 5.01. The van der Waals surface area contributed by atoms with Crippen LogP contribution in [-0.2, 0) is 25.3 Å². The number of sulfonamides is 1. The molecule has 0 radical (unpaired) electrons. The molecule has 118 valence electrons. The molecule has 0 spiro atoms. The van der Waals surface area contributed by atoms with Crippen molar-refractivity contribution in [1.29, 1.82) is 0 Å². The van der Waals surface area contributed by atoms with E-state index < -0.39 is 20.7 Å². The third-order valence-electron chi connectivity index (χ3n) is 3.63. The molecule has 1 aromatic rings. The monoisotopic (exact) mass is 337 g/mol. The minimum Gasteiger partial charge on any atom is -0.272 e. The van der Waals surface area contributed by atoms with E-state index in [9.17, 15) is 13.2 Å². The van der Waals surface area contributed by atoms with Crippen LogP contribution in [-0.4, -0.2) is 31.4 Å². The number of fused-ring (bicyclic) bond motifs is 1. The molecular formula is C16H19NO3S2. The van der Waals surface area contributed by atoms with Crippen molar-refractivity contribution >= 4 is 27.7 Å². The van der Waals surface area contributed by atoms with Gasteiger partial charge in [-0.2, -0.15) is 0 Å². The zero-order valence-corrected chi connectivity index (χ0v) is 14.1. The van der Waals surface area contributed by atoms with Crippen LogP contribution in [0, 0.1) is 0 Å². The van der Waals surface area contributed by atoms with E-state index in [2.05, 4.69) is 13.2 Å². The van der Waals surface area contributed by atoms with Gasteiger partial charge in [-0.1, -0.05) is 36.4 Å². The molecule has 0 fully saturated rings. The van der Waals surface area contributed by atoms with Crippen molar-refractivity contribution in [3.8, 4) is 0 Å². The van der Waals surface area contributed by atoms with Crippen molar-refractivity contribution in [2.45, 2.75) is 16.9 Å². The van der Waals surface area contributed by atoms with Gasteiger partial charge in [0.25, 0.3) is 5.91 Å². The van der Waals surface area contributed by atoms with Crippen LogP contribution in [0.15, 0.2) is 49.6 Å². The topological polar surface area (TPSA) is 54.5 Å². The number of hydrogen-bond acceptors (Lipinski definition) is 4. The van der Waals surface area contributed by atoms with Crippen molar-refractivity contribution in [2.75, 3.05) is 12.8 Å². The maximum absolute atomic E-state index is 13.1. The fourth-order valence-electron chi connectivity index (χ4n) is 2.64. The molecule has 0 bridgehead atoms. The number of amides is 1. The molecule has 2 rings (SSSR count). The summed E-state index contributed by atoms with van der Waals surface area (Å²) in [6.45, 7) is 7.26. The lowest BCUT2D eigenvalue weighted by molar-refractivity contribution is -0.128. The van der Waals surface area contributed by atoms with Gasteiger partial charge in [0.2, 0.25) is 10.0 Å². The number of rotatable bonds is 6. The highest BCUT2D eigenvalue weighted by Crippen LogP contribution is 2.51. The highest BCUT2D eigenvalue weighted by molar-refractivity contribution is 8.00. The summed E-state index contributed by atoms with van der Waals surface area (Å²) in [5.74, 6) is 0.256. The molecule has 0 aliphatic carbocycles. The lowest BCUT2D eigenvalue weighted by Gasteiger charge is -2.32. The summed E-state index contributed by atoms with van der Waals surface area (Å²) in [6.07, 6.45) is 4.52. The molecule has 1 aliphatic heterocycles. The molecular weight excluding hydrogens is 318 g/mol. The van der Waals surface area contributed by atoms with Crippen molar-refractivity contribution in [3.63, 3.8) is 0 Å². The van der Waals surface area contributed by atoms with Gasteiger partial charge in [-0.15, -0.1) is 24.9 Å². The SMILES string of the molecule is C=CCN(C(=O)C1(CC=C)SCc2ccccc21)S(C)(=O)=O. The van der Waals surface area contributed by atoms with E-state index in [0.717, 1.165) is 21.7 Å². The first-order chi connectivity index (χ1) is 10.4. The molecule has 1 heterocycles. The molecule has 0 saturated heterocycles. The highest BCUT2D eigenvalue weighted by atomic mass is 32.2. The van der Waals surface area contributed by atoms with Gasteiger partial charge in [0, 0.05) is 5.75 Å². The zero-order valence-electron chi connectivity index (χ0n) is 12.5. The van der Waals surface area contributed by atoms with Crippen LogP contribution >= 0.6 is 11.8 Å². The first kappa shape index (κ1) is 16.8. The highest BCUT2D eigenvalue weighted by Gasteiger charge is 2.48. The van der Waals surface area contributed by atoms with Crippen molar-refractivity contribution < 1.29 is 13.2 Å². The van der Waals surface area contributed by atoms with Gasteiger partial charge in [-0.25, -0.2) is 12.7 Å². The minimum atomic E-state index is -3.66. The summed E-state index contributed by atoms with van der Waals surface area (Å²) in [7, 11) is -3.66. The van der Waals surface area contributed by atoms with Crippen molar-refractivity contribution in [2.24, 2.45) is 0 Å². The number of allylic oxidation sites excluding steroid dienone is 1. The standard InChI is InChI=1S/C16H19NO3S2/c1-4-10-16(14-9-7-6-8-13(14)12-21-16)15(18)17(11-5-2)22(3,19)20/h4-9H,1-2,10-12H2,3H3. The van der Waals surface area contributed by atoms with Gasteiger partial charge >= 0.3 is 0 Å². The number of carbonyl (C=O) groups excluding carboxylic acids is 1. The molecule has 4 nitrogen and oxygen atoms in total. The van der Waals surface area contributed by atoms with Gasteiger partial charge in [0.05, 0.1) is 12.8 Å². The van der Waals surface area contributed by atoms with E-state index in [1.165, 1.54) is 17.8 Å². The number of thioether (sulfide) groups is 1. The smallest absolute Gasteiger partial charge is 0.257 e. The molecule has 1 atom stereocenters. The third-order valence-corrected chi connectivity index (χ3v) is 6.25. The van der Waals surface area contributed by atoms with Gasteiger partial charge in [0.1, 0.15) is 4.75 Å². The van der Waals surface area contributed by atoms with E-state index in [-0.39, 0.29) is 6.54 Å². The third kappa shape index (κ3) is 2.85. The van der Waals surface area contributed by atoms with Gasteiger partial charge in [-0.3, -0.25) is 4.79 Å². The van der Waals surface area contributed by atoms with Crippen LogP contribution in [0.4, 0.5) is 0 Å². The Morgan fingerprint density at radius 3 is 2.64 bits per heavy atom. The second-order valence-corrected chi connectivity index (χ2v) is 8.33. The van der Waals surface area contributed by atoms with E-state index in [0.29, 0.717) is 12.2 Å². The summed E-state index contributed by atoms with van der Waals surface area (Å²) in [6, 6.07) is 7.66. The molecule has 22 heavy (non-hydrogen) atoms. The summed E-state index contributed by atoms with van der Waals surface area (Å²) in [4.78, 5) is 13.1. The number of nitrogens with zero attached hydrogens (tertiary/aromatic N) is 1. The number of hydrogen-bond donors (Lipinski definition) is 0. The number of benzene rings is 1. The summed E-state index contributed by atoms with van der Waals surface area (Å²) in [5.41, 5.74) is 1.94. The first-order valence-electron chi connectivity index (χ1n) is 6.83. The summed E-state index contributed by atoms with van der Waals surface area (Å²) >= 11 is 1.46. The summed E-state index contributed by atoms with van der Waals surface area (Å²) in [5, 5.41) is 0.